The summed E-state index contributed by atoms with van der Waals surface area (Å²) in [6.45, 7) is 2.37. The van der Waals surface area contributed by atoms with Gasteiger partial charge in [-0.2, -0.15) is 0 Å². The van der Waals surface area contributed by atoms with Crippen LogP contribution in [0.4, 0.5) is 0 Å². The normalized spacial score (nSPS) is 10.0. The number of carbonyl (C=O) groups is 2. The lowest BCUT2D eigenvalue weighted by Gasteiger charge is -2.05. The summed E-state index contributed by atoms with van der Waals surface area (Å²) in [6, 6.07) is 7.57. The fourth-order valence-electron chi connectivity index (χ4n) is 1.47. The van der Waals surface area contributed by atoms with Crippen LogP contribution in [0.5, 0.6) is 0 Å². The van der Waals surface area contributed by atoms with Gasteiger partial charge in [-0.15, -0.1) is 0 Å². The SMILES string of the molecule is CCOC(=O)CCCC(=O)OCc1cccc(Br)c1. The molecule has 5 heteroatoms. The molecule has 4 nitrogen and oxygen atoms in total. The number of hydrogen-bond acceptors (Lipinski definition) is 4. The lowest BCUT2D eigenvalue weighted by atomic mass is 10.2. The molecule has 0 spiro atoms. The molecule has 1 aromatic rings. The highest BCUT2D eigenvalue weighted by molar-refractivity contribution is 9.10. The van der Waals surface area contributed by atoms with Crippen molar-refractivity contribution in [2.45, 2.75) is 32.8 Å². The Hall–Kier alpha value is -1.36. The summed E-state index contributed by atoms with van der Waals surface area (Å²) in [7, 11) is 0. The molecular weight excluding hydrogens is 312 g/mol. The number of rotatable bonds is 7. The fraction of sp³-hybridized carbons (Fsp3) is 0.429. The van der Waals surface area contributed by atoms with Crippen molar-refractivity contribution in [2.75, 3.05) is 6.61 Å². The average Bonchev–Trinajstić information content (AvgIpc) is 2.37. The predicted octanol–water partition coefficient (Wildman–Crippen LogP) is 3.23. The monoisotopic (exact) mass is 328 g/mol. The van der Waals surface area contributed by atoms with Gasteiger partial charge in [0.1, 0.15) is 6.61 Å². The van der Waals surface area contributed by atoms with Crippen LogP contribution in [0.3, 0.4) is 0 Å². The topological polar surface area (TPSA) is 52.6 Å². The minimum absolute atomic E-state index is 0.229. The molecule has 1 aromatic carbocycles. The maximum absolute atomic E-state index is 11.5. The minimum atomic E-state index is -0.302. The summed E-state index contributed by atoms with van der Waals surface area (Å²) in [6.07, 6.45) is 0.933. The summed E-state index contributed by atoms with van der Waals surface area (Å²) in [5, 5.41) is 0. The molecule has 0 fully saturated rings. The third-order valence-corrected chi connectivity index (χ3v) is 2.85. The van der Waals surface area contributed by atoms with Crippen molar-refractivity contribution in [2.24, 2.45) is 0 Å². The van der Waals surface area contributed by atoms with E-state index in [-0.39, 0.29) is 31.4 Å². The lowest BCUT2D eigenvalue weighted by Crippen LogP contribution is -2.08. The molecule has 0 N–H and O–H groups in total. The van der Waals surface area contributed by atoms with Gasteiger partial charge in [0, 0.05) is 17.3 Å². The van der Waals surface area contributed by atoms with E-state index in [9.17, 15) is 9.59 Å². The third-order valence-electron chi connectivity index (χ3n) is 2.36. The van der Waals surface area contributed by atoms with Crippen molar-refractivity contribution in [1.29, 1.82) is 0 Å². The van der Waals surface area contributed by atoms with Gasteiger partial charge in [0.25, 0.3) is 0 Å². The van der Waals surface area contributed by atoms with Crippen LogP contribution in [-0.4, -0.2) is 18.5 Å². The van der Waals surface area contributed by atoms with E-state index >= 15 is 0 Å². The Bertz CT molecular complexity index is 431. The van der Waals surface area contributed by atoms with E-state index in [0.29, 0.717) is 13.0 Å². The maximum Gasteiger partial charge on any atom is 0.306 e. The summed E-state index contributed by atoms with van der Waals surface area (Å²) in [5.41, 5.74) is 0.924. The molecule has 1 rings (SSSR count). The quantitative estimate of drug-likeness (QED) is 0.721. The Balaban J connectivity index is 2.19. The molecule has 0 bridgehead atoms. The van der Waals surface area contributed by atoms with Crippen LogP contribution in [0.1, 0.15) is 31.7 Å². The number of carbonyl (C=O) groups excluding carboxylic acids is 2. The lowest BCUT2D eigenvalue weighted by molar-refractivity contribution is -0.146. The predicted molar refractivity (Wildman–Crippen MR) is 74.4 cm³/mol. The van der Waals surface area contributed by atoms with Crippen molar-refractivity contribution in [3.05, 3.63) is 34.3 Å². The first kappa shape index (κ1) is 15.7. The van der Waals surface area contributed by atoms with Crippen LogP contribution in [0.2, 0.25) is 0 Å². The first-order valence-electron chi connectivity index (χ1n) is 6.17. The van der Waals surface area contributed by atoms with Crippen LogP contribution in [-0.2, 0) is 25.7 Å². The molecule has 0 aliphatic rings. The zero-order valence-corrected chi connectivity index (χ0v) is 12.4. The standard InChI is InChI=1S/C14H17BrO4/c1-2-18-13(16)7-4-8-14(17)19-10-11-5-3-6-12(15)9-11/h3,5-6,9H,2,4,7-8,10H2,1H3. The third kappa shape index (κ3) is 6.96. The first-order valence-corrected chi connectivity index (χ1v) is 6.96. The zero-order chi connectivity index (χ0) is 14.1. The zero-order valence-electron chi connectivity index (χ0n) is 10.9. The van der Waals surface area contributed by atoms with Gasteiger partial charge in [-0.05, 0) is 31.0 Å². The van der Waals surface area contributed by atoms with Gasteiger partial charge in [0.15, 0.2) is 0 Å². The van der Waals surface area contributed by atoms with Gasteiger partial charge < -0.3 is 9.47 Å². The molecule has 0 aliphatic carbocycles. The highest BCUT2D eigenvalue weighted by Gasteiger charge is 2.07. The Morgan fingerprint density at radius 1 is 1.16 bits per heavy atom. The van der Waals surface area contributed by atoms with E-state index < -0.39 is 0 Å². The number of ether oxygens (including phenoxy) is 2. The summed E-state index contributed by atoms with van der Waals surface area (Å²) in [5.74, 6) is -0.577. The van der Waals surface area contributed by atoms with E-state index in [2.05, 4.69) is 15.9 Å². The van der Waals surface area contributed by atoms with Gasteiger partial charge in [0.2, 0.25) is 0 Å². The van der Waals surface area contributed by atoms with Gasteiger partial charge in [0.05, 0.1) is 6.61 Å². The van der Waals surface area contributed by atoms with Crippen LogP contribution in [0, 0.1) is 0 Å². The van der Waals surface area contributed by atoms with Crippen molar-refractivity contribution in [3.8, 4) is 0 Å². The van der Waals surface area contributed by atoms with Crippen LogP contribution < -0.4 is 0 Å². The number of hydrogen-bond donors (Lipinski definition) is 0. The molecule has 0 atom stereocenters. The van der Waals surface area contributed by atoms with Crippen molar-refractivity contribution in [1.82, 2.24) is 0 Å². The molecule has 0 radical (unpaired) electrons. The molecule has 0 aliphatic heterocycles. The molecule has 0 aromatic heterocycles. The highest BCUT2D eigenvalue weighted by atomic mass is 79.9. The number of benzene rings is 1. The molecule has 104 valence electrons. The minimum Gasteiger partial charge on any atom is -0.466 e. The molecular formula is C14H17BrO4. The van der Waals surface area contributed by atoms with Gasteiger partial charge in [-0.3, -0.25) is 9.59 Å². The van der Waals surface area contributed by atoms with E-state index in [1.54, 1.807) is 6.92 Å². The summed E-state index contributed by atoms with van der Waals surface area (Å²) >= 11 is 3.35. The number of halogens is 1. The van der Waals surface area contributed by atoms with Crippen molar-refractivity contribution >= 4 is 27.9 Å². The van der Waals surface area contributed by atoms with E-state index in [4.69, 9.17) is 9.47 Å². The van der Waals surface area contributed by atoms with Crippen LogP contribution in [0.25, 0.3) is 0 Å². The van der Waals surface area contributed by atoms with E-state index in [1.807, 2.05) is 24.3 Å². The first-order chi connectivity index (χ1) is 9.11. The number of esters is 2. The van der Waals surface area contributed by atoms with Crippen LogP contribution >= 0.6 is 15.9 Å². The second-order valence-corrected chi connectivity index (χ2v) is 4.86. The van der Waals surface area contributed by atoms with E-state index in [0.717, 1.165) is 10.0 Å². The Morgan fingerprint density at radius 2 is 1.84 bits per heavy atom. The van der Waals surface area contributed by atoms with Crippen LogP contribution in [0.15, 0.2) is 28.7 Å². The van der Waals surface area contributed by atoms with E-state index in [1.165, 1.54) is 0 Å². The highest BCUT2D eigenvalue weighted by Crippen LogP contribution is 2.12. The Kier molecular flexibility index (Phi) is 7.18. The molecule has 0 saturated carbocycles. The van der Waals surface area contributed by atoms with Gasteiger partial charge in [-0.25, -0.2) is 0 Å². The van der Waals surface area contributed by atoms with Gasteiger partial charge >= 0.3 is 11.9 Å². The smallest absolute Gasteiger partial charge is 0.306 e. The summed E-state index contributed by atoms with van der Waals surface area (Å²) in [4.78, 5) is 22.5. The molecule has 0 amide bonds. The fourth-order valence-corrected chi connectivity index (χ4v) is 1.92. The molecule has 0 unspecified atom stereocenters. The second-order valence-electron chi connectivity index (χ2n) is 3.95. The molecule has 0 heterocycles. The summed E-state index contributed by atoms with van der Waals surface area (Å²) < 4.78 is 10.8. The van der Waals surface area contributed by atoms with Crippen molar-refractivity contribution < 1.29 is 19.1 Å². The largest absolute Gasteiger partial charge is 0.466 e. The molecule has 0 saturated heterocycles. The Morgan fingerprint density at radius 3 is 2.47 bits per heavy atom. The Labute approximate surface area is 121 Å². The molecule has 19 heavy (non-hydrogen) atoms. The second kappa shape index (κ2) is 8.69. The van der Waals surface area contributed by atoms with Crippen molar-refractivity contribution in [3.63, 3.8) is 0 Å². The van der Waals surface area contributed by atoms with Gasteiger partial charge in [-0.1, -0.05) is 28.1 Å². The maximum atomic E-state index is 11.5. The average molecular weight is 329 g/mol.